The normalized spacial score (nSPS) is 14.0. The molecule has 1 N–H and O–H groups in total. The number of rotatable bonds is 8. The lowest BCUT2D eigenvalue weighted by Gasteiger charge is -2.34. The molecule has 182 valence electrons. The van der Waals surface area contributed by atoms with E-state index in [0.717, 1.165) is 12.1 Å². The zero-order chi connectivity index (χ0) is 25.5. The highest BCUT2D eigenvalue weighted by molar-refractivity contribution is 7.38. The number of nitrogens with zero attached hydrogens (tertiary/aromatic N) is 4. The Morgan fingerprint density at radius 2 is 1.74 bits per heavy atom. The molecule has 0 aliphatic rings. The molecular formula is C21H24F3N4O3P3. The number of halogens is 3. The van der Waals surface area contributed by atoms with Crippen LogP contribution in [0.3, 0.4) is 0 Å². The highest BCUT2D eigenvalue weighted by Gasteiger charge is 2.47. The van der Waals surface area contributed by atoms with Crippen molar-refractivity contribution in [2.45, 2.75) is 43.4 Å². The molecule has 0 bridgehead atoms. The largest absolute Gasteiger partial charge is 0.481 e. The number of benzene rings is 1. The number of aromatic nitrogens is 4. The Bertz CT molecular complexity index is 1210. The van der Waals surface area contributed by atoms with Crippen molar-refractivity contribution < 1.29 is 27.8 Å². The van der Waals surface area contributed by atoms with Crippen LogP contribution in [-0.2, 0) is 4.90 Å². The molecular weight excluding hydrogens is 506 g/mol. The second kappa shape index (κ2) is 9.49. The molecule has 1 aromatic carbocycles. The minimum absolute atomic E-state index is 0.0511. The van der Waals surface area contributed by atoms with Gasteiger partial charge in [-0.05, 0) is 38.5 Å². The van der Waals surface area contributed by atoms with Crippen LogP contribution < -0.4 is 4.74 Å². The van der Waals surface area contributed by atoms with Gasteiger partial charge in [0.15, 0.2) is 11.3 Å². The summed E-state index contributed by atoms with van der Waals surface area (Å²) in [7, 11) is 6.62. The fourth-order valence-electron chi connectivity index (χ4n) is 3.00. The second-order valence-corrected chi connectivity index (χ2v) is 12.0. The van der Waals surface area contributed by atoms with Gasteiger partial charge in [-0.1, -0.05) is 16.2 Å². The molecule has 0 saturated heterocycles. The Kier molecular flexibility index (Phi) is 7.38. The molecule has 0 aliphatic carbocycles. The van der Waals surface area contributed by atoms with Gasteiger partial charge in [-0.15, -0.1) is 18.5 Å². The number of hydrogen-bond acceptors (Lipinski definition) is 5. The van der Waals surface area contributed by atoms with Gasteiger partial charge >= 0.3 is 5.97 Å². The van der Waals surface area contributed by atoms with Crippen LogP contribution in [0, 0.1) is 5.82 Å². The van der Waals surface area contributed by atoms with E-state index >= 15 is 0 Å². The summed E-state index contributed by atoms with van der Waals surface area (Å²) in [5, 5.41) is 13.5. The van der Waals surface area contributed by atoms with Crippen LogP contribution in [0.2, 0.25) is 0 Å². The van der Waals surface area contributed by atoms with Crippen LogP contribution in [-0.4, -0.2) is 42.1 Å². The summed E-state index contributed by atoms with van der Waals surface area (Å²) in [6, 6.07) is 4.72. The molecule has 0 spiro atoms. The van der Waals surface area contributed by atoms with Gasteiger partial charge in [-0.2, -0.15) is 13.9 Å². The molecule has 0 radical (unpaired) electrons. The van der Waals surface area contributed by atoms with E-state index in [-0.39, 0.29) is 29.1 Å². The van der Waals surface area contributed by atoms with E-state index in [2.05, 4.69) is 33.5 Å². The molecule has 3 aromatic rings. The maximum atomic E-state index is 14.5. The van der Waals surface area contributed by atoms with Crippen molar-refractivity contribution >= 4 is 33.7 Å². The van der Waals surface area contributed by atoms with Gasteiger partial charge in [0, 0.05) is 11.6 Å². The quantitative estimate of drug-likeness (QED) is 0.408. The lowest BCUT2D eigenvalue weighted by Crippen LogP contribution is -2.45. The van der Waals surface area contributed by atoms with Crippen molar-refractivity contribution in [3.63, 3.8) is 0 Å². The zero-order valence-corrected chi connectivity index (χ0v) is 22.1. The molecule has 4 unspecified atom stereocenters. The van der Waals surface area contributed by atoms with E-state index in [1.54, 1.807) is 0 Å². The lowest BCUT2D eigenvalue weighted by molar-refractivity contribution is -0.0932. The number of carbonyl (C=O) groups is 1. The van der Waals surface area contributed by atoms with Gasteiger partial charge in [0.2, 0.25) is 0 Å². The number of aromatic carboxylic acids is 1. The first kappa shape index (κ1) is 26.5. The van der Waals surface area contributed by atoms with Crippen molar-refractivity contribution in [1.82, 2.24) is 19.7 Å². The number of alkyl halides is 2. The van der Waals surface area contributed by atoms with Gasteiger partial charge in [0.25, 0.3) is 5.66 Å². The first-order chi connectivity index (χ1) is 15.6. The van der Waals surface area contributed by atoms with Crippen LogP contribution in [0.4, 0.5) is 13.2 Å². The summed E-state index contributed by atoms with van der Waals surface area (Å²) in [5.74, 6) is -1.69. The van der Waals surface area contributed by atoms with Crippen LogP contribution in [0.1, 0.15) is 43.5 Å². The van der Waals surface area contributed by atoms with Crippen molar-refractivity contribution in [2.75, 3.05) is 0 Å². The Balaban J connectivity index is 2.12. The summed E-state index contributed by atoms with van der Waals surface area (Å²) in [6.07, 6.45) is 2.86. The first-order valence-corrected chi connectivity index (χ1v) is 11.8. The third-order valence-corrected chi connectivity index (χ3v) is 6.31. The van der Waals surface area contributed by atoms with Crippen molar-refractivity contribution in [2.24, 2.45) is 0 Å². The Morgan fingerprint density at radius 1 is 1.12 bits per heavy atom. The Labute approximate surface area is 201 Å². The molecule has 7 nitrogen and oxygen atoms in total. The second-order valence-electron chi connectivity index (χ2n) is 8.16. The molecule has 34 heavy (non-hydrogen) atoms. The van der Waals surface area contributed by atoms with Crippen molar-refractivity contribution in [3.05, 3.63) is 54.0 Å². The Morgan fingerprint density at radius 3 is 2.24 bits per heavy atom. The molecule has 0 amide bonds. The molecule has 2 heterocycles. The van der Waals surface area contributed by atoms with E-state index in [4.69, 9.17) is 4.74 Å². The highest BCUT2D eigenvalue weighted by atomic mass is 31.1. The van der Waals surface area contributed by atoms with Crippen LogP contribution in [0.25, 0.3) is 16.9 Å². The number of carboxylic acid groups (broad SMARTS) is 1. The van der Waals surface area contributed by atoms with Gasteiger partial charge in [0.05, 0.1) is 23.0 Å². The van der Waals surface area contributed by atoms with Crippen LogP contribution in [0.15, 0.2) is 36.7 Å². The summed E-state index contributed by atoms with van der Waals surface area (Å²) in [5.41, 5.74) is -4.81. The van der Waals surface area contributed by atoms with Gasteiger partial charge in [0.1, 0.15) is 23.1 Å². The number of hydrogen-bond donors (Lipinski definition) is 1. The fourth-order valence-corrected chi connectivity index (χ4v) is 3.56. The predicted octanol–water partition coefficient (Wildman–Crippen LogP) is 5.10. The predicted molar refractivity (Wildman–Crippen MR) is 132 cm³/mol. The highest BCUT2D eigenvalue weighted by Crippen LogP contribution is 2.41. The van der Waals surface area contributed by atoms with E-state index in [1.807, 2.05) is 6.92 Å². The molecule has 0 fully saturated rings. The lowest BCUT2D eigenvalue weighted by atomic mass is 10.0. The number of ether oxygens (including phenoxy) is 1. The zero-order valence-electron chi connectivity index (χ0n) is 18.6. The molecule has 2 aromatic heterocycles. The fraction of sp³-hybridized carbons (Fsp3) is 0.333. The Hall–Kier alpha value is -2.14. The van der Waals surface area contributed by atoms with Gasteiger partial charge in [-0.3, -0.25) is 0 Å². The summed E-state index contributed by atoms with van der Waals surface area (Å²) in [6.45, 7) is 4.63. The maximum Gasteiger partial charge on any atom is 0.356 e. The SMILES string of the molecule is CCC(C)(Oc1cc(F)cc(-c2cc(C(=O)O)nn2-c2cnc(C(C)(P)P)nc2)c1)C(F)(F)P. The topological polar surface area (TPSA) is 90.1 Å². The summed E-state index contributed by atoms with van der Waals surface area (Å²) >= 11 is 0. The molecule has 0 aliphatic heterocycles. The monoisotopic (exact) mass is 530 g/mol. The average molecular weight is 530 g/mol. The third kappa shape index (κ3) is 5.56. The minimum atomic E-state index is -3.28. The molecule has 4 atom stereocenters. The average Bonchev–Trinajstić information content (AvgIpc) is 3.18. The van der Waals surface area contributed by atoms with Crippen LogP contribution in [0.5, 0.6) is 5.75 Å². The van der Waals surface area contributed by atoms with Crippen molar-refractivity contribution in [1.29, 1.82) is 0 Å². The minimum Gasteiger partial charge on any atom is -0.481 e. The first-order valence-electron chi connectivity index (χ1n) is 10.1. The summed E-state index contributed by atoms with van der Waals surface area (Å²) < 4.78 is 49.5. The summed E-state index contributed by atoms with van der Waals surface area (Å²) in [4.78, 5) is 19.7. The van der Waals surface area contributed by atoms with Gasteiger partial charge < -0.3 is 9.84 Å². The van der Waals surface area contributed by atoms with Crippen LogP contribution >= 0.6 is 27.7 Å². The van der Waals surface area contributed by atoms with E-state index < -0.39 is 27.9 Å². The number of carboxylic acids is 1. The van der Waals surface area contributed by atoms with Crippen molar-refractivity contribution in [3.8, 4) is 22.7 Å². The van der Waals surface area contributed by atoms with E-state index in [1.165, 1.54) is 52.3 Å². The molecule has 3 rings (SSSR count). The van der Waals surface area contributed by atoms with E-state index in [0.29, 0.717) is 11.5 Å². The van der Waals surface area contributed by atoms with Gasteiger partial charge in [-0.25, -0.2) is 23.8 Å². The van der Waals surface area contributed by atoms with E-state index in [9.17, 15) is 23.1 Å². The third-order valence-electron chi connectivity index (χ3n) is 5.18. The smallest absolute Gasteiger partial charge is 0.356 e. The maximum absolute atomic E-state index is 14.5. The molecule has 0 saturated carbocycles. The standard InChI is InChI=1S/C21H24F3N4O3P3/c1-4-19(2,21(23,24)34)31-14-6-11(5-12(22)7-14)16-8-15(17(29)30)27-28(16)13-9-25-18(26-10-13)20(3,32)33/h5-10H,4,32-34H2,1-3H3,(H,29,30). The molecule has 13 heteroatoms.